The lowest BCUT2D eigenvalue weighted by molar-refractivity contribution is -0.124. The molecule has 0 saturated carbocycles. The van der Waals surface area contributed by atoms with E-state index in [1.807, 2.05) is 37.4 Å². The molecule has 0 aromatic carbocycles. The number of rotatable bonds is 5. The number of amides is 3. The maximum Gasteiger partial charge on any atom is 0.324 e. The van der Waals surface area contributed by atoms with Crippen molar-refractivity contribution in [1.82, 2.24) is 25.0 Å². The highest BCUT2D eigenvalue weighted by molar-refractivity contribution is 7.99. The fourth-order valence-corrected chi connectivity index (χ4v) is 2.98. The van der Waals surface area contributed by atoms with Gasteiger partial charge >= 0.3 is 6.03 Å². The molecule has 1 fully saturated rings. The van der Waals surface area contributed by atoms with Gasteiger partial charge in [0.2, 0.25) is 11.9 Å². The van der Waals surface area contributed by atoms with Crippen molar-refractivity contribution in [3.8, 4) is 0 Å². The summed E-state index contributed by atoms with van der Waals surface area (Å²) in [5.74, 6) is 0.713. The first-order chi connectivity index (χ1) is 9.91. The van der Waals surface area contributed by atoms with E-state index in [-0.39, 0.29) is 23.7 Å². The van der Waals surface area contributed by atoms with Crippen LogP contribution in [0.4, 0.5) is 10.7 Å². The van der Waals surface area contributed by atoms with Crippen LogP contribution in [0.3, 0.4) is 0 Å². The summed E-state index contributed by atoms with van der Waals surface area (Å²) in [5, 5.41) is 11.6. The fourth-order valence-electron chi connectivity index (χ4n) is 2.04. The average molecular weight is 312 g/mol. The zero-order valence-electron chi connectivity index (χ0n) is 12.7. The standard InChI is InChI=1S/C12H20N6O2S/c1-8(2)18-10(16(3)4)14-15-12(18)21-7-9(19)17-6-5-13-11(17)20/h8H,5-7H2,1-4H3,(H,13,20). The highest BCUT2D eigenvalue weighted by Crippen LogP contribution is 2.25. The quantitative estimate of drug-likeness (QED) is 0.800. The predicted molar refractivity (Wildman–Crippen MR) is 80.6 cm³/mol. The number of carbonyl (C=O) groups is 2. The topological polar surface area (TPSA) is 83.4 Å². The number of hydrogen-bond acceptors (Lipinski definition) is 6. The van der Waals surface area contributed by atoms with Crippen LogP contribution in [0.15, 0.2) is 5.16 Å². The van der Waals surface area contributed by atoms with Crippen LogP contribution in [-0.4, -0.2) is 64.5 Å². The molecule has 1 aliphatic rings. The van der Waals surface area contributed by atoms with Gasteiger partial charge in [0.25, 0.3) is 0 Å². The Hall–Kier alpha value is -1.77. The first-order valence-electron chi connectivity index (χ1n) is 6.75. The van der Waals surface area contributed by atoms with Gasteiger partial charge in [-0.2, -0.15) is 0 Å². The third-order valence-corrected chi connectivity index (χ3v) is 3.97. The molecule has 1 aromatic rings. The summed E-state index contributed by atoms with van der Waals surface area (Å²) in [5.41, 5.74) is 0. The number of urea groups is 1. The molecule has 1 N–H and O–H groups in total. The van der Waals surface area contributed by atoms with Gasteiger partial charge in [0.05, 0.1) is 5.75 Å². The Kier molecular flexibility index (Phi) is 4.71. The Morgan fingerprint density at radius 3 is 2.67 bits per heavy atom. The van der Waals surface area contributed by atoms with Crippen LogP contribution in [0.5, 0.6) is 0 Å². The van der Waals surface area contributed by atoms with Crippen molar-refractivity contribution in [2.45, 2.75) is 25.0 Å². The second kappa shape index (κ2) is 6.33. The van der Waals surface area contributed by atoms with Crippen LogP contribution in [0.1, 0.15) is 19.9 Å². The van der Waals surface area contributed by atoms with Crippen molar-refractivity contribution in [3.05, 3.63) is 0 Å². The van der Waals surface area contributed by atoms with Crippen molar-refractivity contribution in [3.63, 3.8) is 0 Å². The second-order valence-corrected chi connectivity index (χ2v) is 6.15. The second-order valence-electron chi connectivity index (χ2n) is 5.21. The Morgan fingerprint density at radius 1 is 1.43 bits per heavy atom. The molecule has 0 spiro atoms. The van der Waals surface area contributed by atoms with Gasteiger partial charge < -0.3 is 10.2 Å². The molecule has 21 heavy (non-hydrogen) atoms. The lowest BCUT2D eigenvalue weighted by Crippen LogP contribution is -2.35. The van der Waals surface area contributed by atoms with Crippen LogP contribution in [0.25, 0.3) is 0 Å². The van der Waals surface area contributed by atoms with E-state index in [2.05, 4.69) is 15.5 Å². The van der Waals surface area contributed by atoms with Crippen molar-refractivity contribution in [2.75, 3.05) is 37.8 Å². The van der Waals surface area contributed by atoms with E-state index in [1.54, 1.807) is 0 Å². The van der Waals surface area contributed by atoms with Gasteiger partial charge in [-0.25, -0.2) is 4.79 Å². The maximum atomic E-state index is 12.0. The summed E-state index contributed by atoms with van der Waals surface area (Å²) >= 11 is 1.30. The number of thioether (sulfide) groups is 1. The van der Waals surface area contributed by atoms with Crippen molar-refractivity contribution in [1.29, 1.82) is 0 Å². The molecular formula is C12H20N6O2S. The number of hydrogen-bond donors (Lipinski definition) is 1. The first-order valence-corrected chi connectivity index (χ1v) is 7.73. The summed E-state index contributed by atoms with van der Waals surface area (Å²) in [4.78, 5) is 26.6. The lowest BCUT2D eigenvalue weighted by Gasteiger charge is -2.18. The molecule has 1 aliphatic heterocycles. The van der Waals surface area contributed by atoms with Gasteiger partial charge in [-0.1, -0.05) is 11.8 Å². The summed E-state index contributed by atoms with van der Waals surface area (Å²) in [6.45, 7) is 5.02. The molecule has 116 valence electrons. The number of carbonyl (C=O) groups excluding carboxylic acids is 2. The highest BCUT2D eigenvalue weighted by atomic mass is 32.2. The van der Waals surface area contributed by atoms with Crippen molar-refractivity contribution < 1.29 is 9.59 Å². The molecule has 0 aliphatic carbocycles. The third kappa shape index (κ3) is 3.29. The third-order valence-electron chi connectivity index (χ3n) is 3.05. The fraction of sp³-hybridized carbons (Fsp3) is 0.667. The smallest absolute Gasteiger partial charge is 0.324 e. The number of imide groups is 1. The Morgan fingerprint density at radius 2 is 2.14 bits per heavy atom. The highest BCUT2D eigenvalue weighted by Gasteiger charge is 2.27. The van der Waals surface area contributed by atoms with Gasteiger partial charge in [-0.15, -0.1) is 10.2 Å². The Labute approximate surface area is 127 Å². The van der Waals surface area contributed by atoms with Crippen LogP contribution >= 0.6 is 11.8 Å². The average Bonchev–Trinajstić information content (AvgIpc) is 3.01. The first kappa shape index (κ1) is 15.6. The van der Waals surface area contributed by atoms with Gasteiger partial charge in [-0.3, -0.25) is 14.3 Å². The number of anilines is 1. The van der Waals surface area contributed by atoms with Gasteiger partial charge in [0.1, 0.15) is 0 Å². The van der Waals surface area contributed by atoms with Gasteiger partial charge in [-0.05, 0) is 13.8 Å². The van der Waals surface area contributed by atoms with Crippen LogP contribution < -0.4 is 10.2 Å². The minimum absolute atomic E-state index is 0.172. The molecule has 2 rings (SSSR count). The minimum Gasteiger partial charge on any atom is -0.347 e. The van der Waals surface area contributed by atoms with Crippen molar-refractivity contribution in [2.24, 2.45) is 0 Å². The largest absolute Gasteiger partial charge is 0.347 e. The van der Waals surface area contributed by atoms with E-state index in [0.29, 0.717) is 18.2 Å². The van der Waals surface area contributed by atoms with Crippen LogP contribution in [-0.2, 0) is 4.79 Å². The molecule has 0 radical (unpaired) electrons. The molecular weight excluding hydrogens is 292 g/mol. The van der Waals surface area contributed by atoms with Gasteiger partial charge in [0, 0.05) is 33.2 Å². The normalized spacial score (nSPS) is 14.7. The molecule has 0 atom stereocenters. The summed E-state index contributed by atoms with van der Waals surface area (Å²) in [7, 11) is 3.80. The molecule has 2 heterocycles. The molecule has 0 bridgehead atoms. The van der Waals surface area contributed by atoms with E-state index in [0.717, 1.165) is 5.95 Å². The predicted octanol–water partition coefficient (Wildman–Crippen LogP) is 0.569. The zero-order chi connectivity index (χ0) is 15.6. The van der Waals surface area contributed by atoms with Crippen molar-refractivity contribution >= 4 is 29.6 Å². The van der Waals surface area contributed by atoms with E-state index in [9.17, 15) is 9.59 Å². The van der Waals surface area contributed by atoms with E-state index < -0.39 is 0 Å². The molecule has 1 aromatic heterocycles. The van der Waals surface area contributed by atoms with E-state index >= 15 is 0 Å². The molecule has 3 amide bonds. The lowest BCUT2D eigenvalue weighted by atomic mass is 10.4. The van der Waals surface area contributed by atoms with Crippen LogP contribution in [0.2, 0.25) is 0 Å². The molecule has 0 unspecified atom stereocenters. The Bertz CT molecular complexity index is 542. The molecule has 8 nitrogen and oxygen atoms in total. The number of nitrogens with zero attached hydrogens (tertiary/aromatic N) is 5. The number of nitrogens with one attached hydrogen (secondary N) is 1. The van der Waals surface area contributed by atoms with Crippen LogP contribution in [0, 0.1) is 0 Å². The summed E-state index contributed by atoms with van der Waals surface area (Å²) in [6, 6.07) is -0.134. The Balaban J connectivity index is 2.06. The number of aromatic nitrogens is 3. The maximum absolute atomic E-state index is 12.0. The summed E-state index contributed by atoms with van der Waals surface area (Å²) in [6.07, 6.45) is 0. The van der Waals surface area contributed by atoms with E-state index in [1.165, 1.54) is 16.7 Å². The SMILES string of the molecule is CC(C)n1c(SCC(=O)N2CCNC2=O)nnc1N(C)C. The molecule has 1 saturated heterocycles. The monoisotopic (exact) mass is 312 g/mol. The van der Waals surface area contributed by atoms with Gasteiger partial charge in [0.15, 0.2) is 5.16 Å². The minimum atomic E-state index is -0.320. The van der Waals surface area contributed by atoms with E-state index in [4.69, 9.17) is 0 Å². The molecule has 9 heteroatoms. The summed E-state index contributed by atoms with van der Waals surface area (Å²) < 4.78 is 1.97. The zero-order valence-corrected chi connectivity index (χ0v) is 13.5.